The normalized spacial score (nSPS) is 41.0. The largest absolute Gasteiger partial charge is 0.497 e. The highest BCUT2D eigenvalue weighted by molar-refractivity contribution is 5.31. The van der Waals surface area contributed by atoms with Crippen molar-refractivity contribution in [1.29, 1.82) is 0 Å². The number of hydrogen-bond donors (Lipinski definition) is 7. The fourth-order valence-corrected chi connectivity index (χ4v) is 3.42. The summed E-state index contributed by atoms with van der Waals surface area (Å²) in [6.45, 7) is -1.29. The Morgan fingerprint density at radius 1 is 0.710 bits per heavy atom. The Hall–Kier alpha value is -1.58. The minimum atomic E-state index is -1.74. The van der Waals surface area contributed by atoms with Crippen LogP contribution < -0.4 is 9.47 Å². The minimum absolute atomic E-state index is 0.286. The molecule has 1 aromatic carbocycles. The van der Waals surface area contributed by atoms with E-state index in [0.717, 1.165) is 0 Å². The highest BCUT2D eigenvalue weighted by Crippen LogP contribution is 2.31. The molecule has 0 aliphatic carbocycles. The van der Waals surface area contributed by atoms with E-state index < -0.39 is 74.6 Å². The molecule has 12 heteroatoms. The molecule has 31 heavy (non-hydrogen) atoms. The van der Waals surface area contributed by atoms with E-state index in [9.17, 15) is 35.7 Å². The molecule has 7 N–H and O–H groups in total. The van der Waals surface area contributed by atoms with Crippen molar-refractivity contribution in [2.75, 3.05) is 20.3 Å². The molecule has 176 valence electrons. The maximum absolute atomic E-state index is 10.6. The Morgan fingerprint density at radius 2 is 1.23 bits per heavy atom. The Kier molecular flexibility index (Phi) is 8.04. The van der Waals surface area contributed by atoms with Gasteiger partial charge in [-0.15, -0.1) is 0 Å². The summed E-state index contributed by atoms with van der Waals surface area (Å²) in [6.07, 6.45) is -15.1. The van der Waals surface area contributed by atoms with Crippen LogP contribution in [0.5, 0.6) is 11.5 Å². The third-order valence-electron chi connectivity index (χ3n) is 5.28. The first-order valence-corrected chi connectivity index (χ1v) is 9.69. The summed E-state index contributed by atoms with van der Waals surface area (Å²) >= 11 is 0. The lowest BCUT2D eigenvalue weighted by molar-refractivity contribution is -0.357. The van der Waals surface area contributed by atoms with Gasteiger partial charge in [-0.05, 0) is 24.3 Å². The van der Waals surface area contributed by atoms with E-state index in [1.54, 1.807) is 24.3 Å². The van der Waals surface area contributed by atoms with Gasteiger partial charge in [0.15, 0.2) is 12.4 Å². The molecule has 3 rings (SSSR count). The Balaban J connectivity index is 1.80. The third kappa shape index (κ3) is 5.09. The van der Waals surface area contributed by atoms with Gasteiger partial charge in [-0.25, -0.2) is 0 Å². The lowest BCUT2D eigenvalue weighted by Crippen LogP contribution is -2.65. The third-order valence-corrected chi connectivity index (χ3v) is 5.28. The molecule has 2 aliphatic rings. The molecule has 2 saturated heterocycles. The molecule has 12 nitrogen and oxygen atoms in total. The lowest BCUT2D eigenvalue weighted by Gasteiger charge is -2.45. The Labute approximate surface area is 177 Å². The van der Waals surface area contributed by atoms with E-state index in [0.29, 0.717) is 5.75 Å². The quantitative estimate of drug-likeness (QED) is 0.220. The van der Waals surface area contributed by atoms with Gasteiger partial charge < -0.3 is 59.4 Å². The first-order chi connectivity index (χ1) is 14.8. The van der Waals surface area contributed by atoms with Crippen LogP contribution in [0.25, 0.3) is 0 Å². The molecule has 0 spiro atoms. The van der Waals surface area contributed by atoms with Gasteiger partial charge in [0.05, 0.1) is 20.3 Å². The number of hydrogen-bond acceptors (Lipinski definition) is 12. The summed E-state index contributed by atoms with van der Waals surface area (Å²) in [4.78, 5) is 0. The smallest absolute Gasteiger partial charge is 0.229 e. The second kappa shape index (κ2) is 10.4. The molecular weight excluding hydrogens is 420 g/mol. The second-order valence-corrected chi connectivity index (χ2v) is 7.30. The summed E-state index contributed by atoms with van der Waals surface area (Å²) in [6, 6.07) is 6.33. The van der Waals surface area contributed by atoms with E-state index in [1.165, 1.54) is 7.11 Å². The van der Waals surface area contributed by atoms with Crippen LogP contribution in [0.2, 0.25) is 0 Å². The molecule has 0 saturated carbocycles. The average Bonchev–Trinajstić information content (AvgIpc) is 2.79. The summed E-state index contributed by atoms with van der Waals surface area (Å²) in [7, 11) is 1.49. The summed E-state index contributed by atoms with van der Waals surface area (Å²) in [5.74, 6) is 0.850. The zero-order valence-electron chi connectivity index (χ0n) is 16.7. The fraction of sp³-hybridized carbons (Fsp3) is 0.684. The molecule has 10 atom stereocenters. The van der Waals surface area contributed by atoms with E-state index in [2.05, 4.69) is 0 Å². The molecule has 0 radical (unpaired) electrons. The van der Waals surface area contributed by atoms with Crippen LogP contribution in [-0.4, -0.2) is 117 Å². The lowest BCUT2D eigenvalue weighted by atomic mass is 9.97. The Morgan fingerprint density at radius 3 is 1.77 bits per heavy atom. The van der Waals surface area contributed by atoms with Gasteiger partial charge >= 0.3 is 0 Å². The van der Waals surface area contributed by atoms with Gasteiger partial charge in [0, 0.05) is 0 Å². The summed E-state index contributed by atoms with van der Waals surface area (Å²) in [5, 5.41) is 69.6. The van der Waals surface area contributed by atoms with Gasteiger partial charge in [0.1, 0.15) is 54.2 Å². The van der Waals surface area contributed by atoms with E-state index in [1.807, 2.05) is 0 Å². The van der Waals surface area contributed by atoms with Crippen molar-refractivity contribution in [2.24, 2.45) is 0 Å². The number of aliphatic hydroxyl groups excluding tert-OH is 7. The minimum Gasteiger partial charge on any atom is -0.497 e. The molecule has 2 aliphatic heterocycles. The number of benzene rings is 1. The van der Waals surface area contributed by atoms with Crippen LogP contribution in [0.15, 0.2) is 24.3 Å². The van der Waals surface area contributed by atoms with Gasteiger partial charge in [-0.1, -0.05) is 0 Å². The number of aliphatic hydroxyl groups is 7. The van der Waals surface area contributed by atoms with Crippen LogP contribution in [0.1, 0.15) is 0 Å². The average molecular weight is 448 g/mol. The highest BCUT2D eigenvalue weighted by atomic mass is 16.8. The molecule has 1 aromatic rings. The van der Waals surface area contributed by atoms with E-state index in [4.69, 9.17) is 23.7 Å². The number of methoxy groups -OCH3 is 1. The first kappa shape index (κ1) is 24.1. The van der Waals surface area contributed by atoms with E-state index in [-0.39, 0.29) is 5.75 Å². The number of rotatable bonds is 7. The fourth-order valence-electron chi connectivity index (χ4n) is 3.42. The second-order valence-electron chi connectivity index (χ2n) is 7.30. The van der Waals surface area contributed by atoms with Crippen LogP contribution in [-0.2, 0) is 14.2 Å². The Bertz CT molecular complexity index is 685. The van der Waals surface area contributed by atoms with Crippen molar-refractivity contribution >= 4 is 0 Å². The first-order valence-electron chi connectivity index (χ1n) is 9.69. The van der Waals surface area contributed by atoms with Crippen molar-refractivity contribution in [3.05, 3.63) is 24.3 Å². The van der Waals surface area contributed by atoms with Crippen molar-refractivity contribution in [3.63, 3.8) is 0 Å². The van der Waals surface area contributed by atoms with Crippen LogP contribution in [0, 0.1) is 0 Å². The number of ether oxygens (including phenoxy) is 5. The van der Waals surface area contributed by atoms with Gasteiger partial charge in [0.25, 0.3) is 0 Å². The predicted molar refractivity (Wildman–Crippen MR) is 100 cm³/mol. The molecule has 2 heterocycles. The maximum Gasteiger partial charge on any atom is 0.229 e. The van der Waals surface area contributed by atoms with Crippen molar-refractivity contribution < 1.29 is 59.4 Å². The monoisotopic (exact) mass is 448 g/mol. The summed E-state index contributed by atoms with van der Waals surface area (Å²) in [5.41, 5.74) is 0. The van der Waals surface area contributed by atoms with Crippen molar-refractivity contribution in [3.8, 4) is 11.5 Å². The molecular formula is C19H28O12. The van der Waals surface area contributed by atoms with E-state index >= 15 is 0 Å². The topological polar surface area (TPSA) is 188 Å². The molecule has 0 aromatic heterocycles. The highest BCUT2D eigenvalue weighted by Gasteiger charge is 2.51. The van der Waals surface area contributed by atoms with Crippen molar-refractivity contribution in [1.82, 2.24) is 0 Å². The van der Waals surface area contributed by atoms with Gasteiger partial charge in [0.2, 0.25) is 6.29 Å². The van der Waals surface area contributed by atoms with Crippen LogP contribution in [0.4, 0.5) is 0 Å². The SMILES string of the molecule is COc1ccc(O[C@H]2O[C@H](CO)[C@@H](O)[C@H](O)[C@@H]2O[C@H]2O[C@H](CO)[C@@H](O)[C@H](O)[C@H]2O)cc1. The summed E-state index contributed by atoms with van der Waals surface area (Å²) < 4.78 is 27.2. The zero-order chi connectivity index (χ0) is 22.7. The van der Waals surface area contributed by atoms with Gasteiger partial charge in [-0.2, -0.15) is 0 Å². The van der Waals surface area contributed by atoms with Crippen LogP contribution in [0.3, 0.4) is 0 Å². The van der Waals surface area contributed by atoms with Gasteiger partial charge in [-0.3, -0.25) is 0 Å². The zero-order valence-corrected chi connectivity index (χ0v) is 16.7. The molecule has 0 bridgehead atoms. The van der Waals surface area contributed by atoms with Crippen LogP contribution >= 0.6 is 0 Å². The standard InChI is InChI=1S/C19H28O12/c1-27-8-2-4-9(5-3-8)28-19-17(15(25)13(23)11(7-21)30-19)31-18-16(26)14(24)12(22)10(6-20)29-18/h2-5,10-26H,6-7H2,1H3/t10-,11-,12-,13-,14+,15+,16-,17+,18-,19+/m1/s1. The maximum atomic E-state index is 10.6. The molecule has 0 unspecified atom stereocenters. The predicted octanol–water partition coefficient (Wildman–Crippen LogP) is -3.30. The molecule has 2 fully saturated rings. The molecule has 0 amide bonds. The van der Waals surface area contributed by atoms with Crippen molar-refractivity contribution in [2.45, 2.75) is 61.4 Å².